The summed E-state index contributed by atoms with van der Waals surface area (Å²) in [5.74, 6) is 0. The average Bonchev–Trinajstić information content (AvgIpc) is 3.82. The molecule has 0 aliphatic rings. The van der Waals surface area contributed by atoms with E-state index in [1.54, 1.807) is 0 Å². The maximum absolute atomic E-state index is 6.82. The molecular formula is C43H27N3O. The fraction of sp³-hybridized carbons (Fsp3) is 0. The van der Waals surface area contributed by atoms with Crippen molar-refractivity contribution < 1.29 is 9.10 Å². The Morgan fingerprint density at radius 1 is 0.489 bits per heavy atom. The van der Waals surface area contributed by atoms with Gasteiger partial charge in [0.25, 0.3) is 0 Å². The minimum atomic E-state index is 0.830. The molecule has 4 heteroatoms. The first-order valence-electron chi connectivity index (χ1n) is 15.9. The van der Waals surface area contributed by atoms with E-state index in [-0.39, 0.29) is 0 Å². The summed E-state index contributed by atoms with van der Waals surface area (Å²) in [7, 11) is 0. The highest BCUT2D eigenvalue weighted by atomic mass is 16.3. The van der Waals surface area contributed by atoms with E-state index in [1.165, 1.54) is 21.9 Å². The SMILES string of the molecule is c1ccc(-c2ccc3c4ccccc4n(-c4cccc5c4oc4cccc(-[n+]6[n-]c(-c7ccccc7)c7ccccc76)c45)c3c2)cc1. The second-order valence-corrected chi connectivity index (χ2v) is 12.0. The lowest BCUT2D eigenvalue weighted by Crippen LogP contribution is -2.35. The molecule has 47 heavy (non-hydrogen) atoms. The van der Waals surface area contributed by atoms with Gasteiger partial charge in [0, 0.05) is 33.7 Å². The molecule has 10 rings (SSSR count). The minimum Gasteiger partial charge on any atom is -0.454 e. The lowest BCUT2D eigenvalue weighted by molar-refractivity contribution is -0.632. The van der Waals surface area contributed by atoms with E-state index in [0.717, 1.165) is 66.5 Å². The smallest absolute Gasteiger partial charge is 0.213 e. The minimum absolute atomic E-state index is 0.830. The molecule has 0 amide bonds. The number of nitrogens with zero attached hydrogens (tertiary/aromatic N) is 3. The first kappa shape index (κ1) is 25.9. The molecule has 0 bridgehead atoms. The molecule has 3 heterocycles. The summed E-state index contributed by atoms with van der Waals surface area (Å²) >= 11 is 0. The predicted molar refractivity (Wildman–Crippen MR) is 191 cm³/mol. The third-order valence-corrected chi connectivity index (χ3v) is 9.36. The summed E-state index contributed by atoms with van der Waals surface area (Å²) < 4.78 is 11.3. The number of fused-ring (bicyclic) bond motifs is 7. The Kier molecular flexibility index (Phi) is 5.54. The molecule has 0 spiro atoms. The van der Waals surface area contributed by atoms with Crippen LogP contribution in [0.15, 0.2) is 168 Å². The van der Waals surface area contributed by atoms with Crippen LogP contribution in [0.5, 0.6) is 0 Å². The van der Waals surface area contributed by atoms with Gasteiger partial charge in [0.05, 0.1) is 22.1 Å². The van der Waals surface area contributed by atoms with Gasteiger partial charge < -0.3 is 14.1 Å². The van der Waals surface area contributed by atoms with Crippen molar-refractivity contribution in [1.82, 2.24) is 9.67 Å². The fourth-order valence-electron chi connectivity index (χ4n) is 7.27. The lowest BCUT2D eigenvalue weighted by atomic mass is 10.0. The second kappa shape index (κ2) is 10.1. The van der Waals surface area contributed by atoms with Crippen LogP contribution in [0.3, 0.4) is 0 Å². The lowest BCUT2D eigenvalue weighted by Gasteiger charge is -2.10. The molecule has 0 N–H and O–H groups in total. The zero-order valence-corrected chi connectivity index (χ0v) is 25.3. The fourth-order valence-corrected chi connectivity index (χ4v) is 7.27. The van der Waals surface area contributed by atoms with Crippen LogP contribution in [0.2, 0.25) is 0 Å². The Morgan fingerprint density at radius 2 is 1.17 bits per heavy atom. The zero-order valence-electron chi connectivity index (χ0n) is 25.3. The van der Waals surface area contributed by atoms with Crippen LogP contribution >= 0.6 is 0 Å². The van der Waals surface area contributed by atoms with E-state index < -0.39 is 0 Å². The molecule has 0 saturated heterocycles. The van der Waals surface area contributed by atoms with Gasteiger partial charge in [-0.2, -0.15) is 0 Å². The number of rotatable bonds is 4. The van der Waals surface area contributed by atoms with Gasteiger partial charge in [-0.25, -0.2) is 4.68 Å². The van der Waals surface area contributed by atoms with Crippen molar-refractivity contribution in [1.29, 1.82) is 0 Å². The molecular weight excluding hydrogens is 574 g/mol. The average molecular weight is 602 g/mol. The van der Waals surface area contributed by atoms with E-state index in [0.29, 0.717) is 0 Å². The van der Waals surface area contributed by atoms with E-state index in [4.69, 9.17) is 9.52 Å². The monoisotopic (exact) mass is 601 g/mol. The highest BCUT2D eigenvalue weighted by Gasteiger charge is 2.23. The molecule has 7 aromatic carbocycles. The van der Waals surface area contributed by atoms with Gasteiger partial charge in [-0.1, -0.05) is 127 Å². The van der Waals surface area contributed by atoms with Crippen LogP contribution in [-0.2, 0) is 0 Å². The van der Waals surface area contributed by atoms with Crippen molar-refractivity contribution in [3.05, 3.63) is 164 Å². The highest BCUT2D eigenvalue weighted by Crippen LogP contribution is 2.40. The van der Waals surface area contributed by atoms with E-state index in [1.807, 2.05) is 6.07 Å². The van der Waals surface area contributed by atoms with Crippen LogP contribution in [0, 0.1) is 0 Å². The summed E-state index contributed by atoms with van der Waals surface area (Å²) in [4.78, 5) is 0. The topological polar surface area (TPSA) is 36.0 Å². The van der Waals surface area contributed by atoms with Crippen molar-refractivity contribution in [2.75, 3.05) is 0 Å². The predicted octanol–water partition coefficient (Wildman–Crippen LogP) is 10.4. The summed E-state index contributed by atoms with van der Waals surface area (Å²) in [6, 6.07) is 57.6. The molecule has 0 unspecified atom stereocenters. The third kappa shape index (κ3) is 3.85. The largest absolute Gasteiger partial charge is 0.454 e. The van der Waals surface area contributed by atoms with Crippen LogP contribution < -0.4 is 9.78 Å². The summed E-state index contributed by atoms with van der Waals surface area (Å²) in [6.07, 6.45) is 0. The Bertz CT molecular complexity index is 2780. The molecule has 0 radical (unpaired) electrons. The Balaban J connectivity index is 1.25. The van der Waals surface area contributed by atoms with Crippen LogP contribution in [-0.4, -0.2) is 4.57 Å². The molecule has 0 aliphatic carbocycles. The molecule has 4 nitrogen and oxygen atoms in total. The number of para-hydroxylation sites is 3. The second-order valence-electron chi connectivity index (χ2n) is 12.0. The molecule has 220 valence electrons. The maximum atomic E-state index is 6.82. The van der Waals surface area contributed by atoms with Gasteiger partial charge in [0.1, 0.15) is 5.58 Å². The number of benzene rings is 7. The number of hydrogen-bond acceptors (Lipinski definition) is 1. The molecule has 0 aliphatic heterocycles. The Morgan fingerprint density at radius 3 is 2.02 bits per heavy atom. The molecule has 3 aromatic heterocycles. The summed E-state index contributed by atoms with van der Waals surface area (Å²) in [6.45, 7) is 0. The maximum Gasteiger partial charge on any atom is 0.213 e. The van der Waals surface area contributed by atoms with Crippen molar-refractivity contribution in [2.45, 2.75) is 0 Å². The van der Waals surface area contributed by atoms with Gasteiger partial charge in [0.15, 0.2) is 5.58 Å². The van der Waals surface area contributed by atoms with Crippen molar-refractivity contribution in [3.63, 3.8) is 0 Å². The molecule has 0 saturated carbocycles. The first-order valence-corrected chi connectivity index (χ1v) is 15.9. The van der Waals surface area contributed by atoms with E-state index >= 15 is 0 Å². The first-order chi connectivity index (χ1) is 23.3. The summed E-state index contributed by atoms with van der Waals surface area (Å²) in [5, 5.41) is 10.9. The van der Waals surface area contributed by atoms with Gasteiger partial charge in [-0.15, -0.1) is 0 Å². The van der Waals surface area contributed by atoms with Gasteiger partial charge >= 0.3 is 0 Å². The Labute approximate surface area is 270 Å². The highest BCUT2D eigenvalue weighted by molar-refractivity contribution is 6.14. The van der Waals surface area contributed by atoms with Crippen molar-refractivity contribution in [3.8, 4) is 33.8 Å². The normalized spacial score (nSPS) is 11.8. The Hall–Kier alpha value is -6.39. The van der Waals surface area contributed by atoms with Crippen LogP contribution in [0.4, 0.5) is 0 Å². The number of hydrogen-bond donors (Lipinski definition) is 0. The third-order valence-electron chi connectivity index (χ3n) is 9.36. The number of furan rings is 1. The molecule has 10 aromatic rings. The van der Waals surface area contributed by atoms with E-state index in [2.05, 4.69) is 167 Å². The zero-order chi connectivity index (χ0) is 30.9. The van der Waals surface area contributed by atoms with Gasteiger partial charge in [-0.3, -0.25) is 0 Å². The van der Waals surface area contributed by atoms with E-state index in [9.17, 15) is 0 Å². The van der Waals surface area contributed by atoms with Crippen LogP contribution in [0.1, 0.15) is 0 Å². The van der Waals surface area contributed by atoms with Crippen molar-refractivity contribution >= 4 is 54.6 Å². The quantitative estimate of drug-likeness (QED) is 0.188. The standard InChI is InChI=1S/C43H27N3O/c1-3-13-28(14-4-1)30-25-26-32-31-17-7-9-20-35(31)45(39(32)27-30)38-23-11-19-34-41-37(22-12-24-40(41)47-43(34)38)46-36-21-10-8-18-33(36)42(44-46)29-15-5-2-6-16-29/h1-27H. The van der Waals surface area contributed by atoms with Crippen LogP contribution in [0.25, 0.3) is 88.4 Å². The van der Waals surface area contributed by atoms with Crippen molar-refractivity contribution in [2.24, 2.45) is 0 Å². The molecule has 0 atom stereocenters. The number of aromatic nitrogens is 3. The van der Waals surface area contributed by atoms with Gasteiger partial charge in [-0.05, 0) is 47.0 Å². The van der Waals surface area contributed by atoms with Gasteiger partial charge in [0.2, 0.25) is 11.2 Å². The summed E-state index contributed by atoms with van der Waals surface area (Å²) in [5.41, 5.74) is 11.5. The molecule has 0 fully saturated rings.